The molecule has 0 radical (unpaired) electrons. The van der Waals surface area contributed by atoms with Crippen molar-refractivity contribution in [2.45, 2.75) is 6.43 Å². The van der Waals surface area contributed by atoms with Crippen molar-refractivity contribution in [1.29, 1.82) is 0 Å². The van der Waals surface area contributed by atoms with Gasteiger partial charge in [0, 0.05) is 6.20 Å². The second-order valence-electron chi connectivity index (χ2n) is 2.22. The van der Waals surface area contributed by atoms with Gasteiger partial charge in [0.1, 0.15) is 11.4 Å². The normalized spacial score (nSPS) is 10.5. The van der Waals surface area contributed by atoms with Crippen LogP contribution in [-0.2, 0) is 0 Å². The zero-order chi connectivity index (χ0) is 10.0. The van der Waals surface area contributed by atoms with Crippen LogP contribution in [0.15, 0.2) is 11.0 Å². The van der Waals surface area contributed by atoms with Crippen LogP contribution in [0.3, 0.4) is 0 Å². The third-order valence-electron chi connectivity index (χ3n) is 1.44. The minimum absolute atomic E-state index is 0.0527. The van der Waals surface area contributed by atoms with E-state index in [1.807, 2.05) is 4.98 Å². The predicted octanol–water partition coefficient (Wildman–Crippen LogP) is 1.26. The summed E-state index contributed by atoms with van der Waals surface area (Å²) in [5.74, 6) is -1.46. The first-order chi connectivity index (χ1) is 6.07. The van der Waals surface area contributed by atoms with Gasteiger partial charge < -0.3 is 4.98 Å². The Morgan fingerprint density at radius 3 is 2.54 bits per heavy atom. The Labute approximate surface area is 70.2 Å². The number of aromatic nitrogens is 1. The number of carbonyl (C=O) groups excluding carboxylic acids is 1. The standard InChI is InChI=1S/C7H4F3NO2/c8-5-3(2-12)1-11-7(13)4(5)6(9)10/h1-2,6H,(H,11,13). The molecule has 1 rings (SSSR count). The molecule has 0 saturated heterocycles. The number of aldehydes is 1. The highest BCUT2D eigenvalue weighted by atomic mass is 19.3. The van der Waals surface area contributed by atoms with Crippen molar-refractivity contribution in [3.05, 3.63) is 33.5 Å². The number of H-pyrrole nitrogens is 1. The number of nitrogens with one attached hydrogen (secondary N) is 1. The minimum atomic E-state index is -3.23. The topological polar surface area (TPSA) is 49.9 Å². The Morgan fingerprint density at radius 1 is 1.46 bits per heavy atom. The molecule has 0 atom stereocenters. The number of rotatable bonds is 2. The number of hydrogen-bond donors (Lipinski definition) is 1. The molecule has 0 bridgehead atoms. The van der Waals surface area contributed by atoms with Crippen molar-refractivity contribution in [1.82, 2.24) is 4.98 Å². The van der Waals surface area contributed by atoms with E-state index < -0.39 is 28.9 Å². The van der Waals surface area contributed by atoms with Gasteiger partial charge in [0.05, 0.1) is 5.56 Å². The van der Waals surface area contributed by atoms with Gasteiger partial charge in [-0.25, -0.2) is 13.2 Å². The molecule has 0 aliphatic heterocycles. The zero-order valence-corrected chi connectivity index (χ0v) is 6.18. The van der Waals surface area contributed by atoms with E-state index in [-0.39, 0.29) is 6.29 Å². The SMILES string of the molecule is O=Cc1c[nH]c(=O)c(C(F)F)c1F. The minimum Gasteiger partial charge on any atom is -0.328 e. The van der Waals surface area contributed by atoms with Crippen molar-refractivity contribution >= 4 is 6.29 Å². The van der Waals surface area contributed by atoms with Gasteiger partial charge in [-0.3, -0.25) is 9.59 Å². The van der Waals surface area contributed by atoms with Crippen LogP contribution < -0.4 is 5.56 Å². The van der Waals surface area contributed by atoms with E-state index in [4.69, 9.17) is 0 Å². The molecule has 0 amide bonds. The van der Waals surface area contributed by atoms with E-state index in [9.17, 15) is 22.8 Å². The first-order valence-corrected chi connectivity index (χ1v) is 3.22. The first kappa shape index (κ1) is 9.50. The number of pyridine rings is 1. The van der Waals surface area contributed by atoms with E-state index in [1.165, 1.54) is 0 Å². The maximum atomic E-state index is 12.9. The lowest BCUT2D eigenvalue weighted by Crippen LogP contribution is -2.16. The largest absolute Gasteiger partial charge is 0.328 e. The molecule has 13 heavy (non-hydrogen) atoms. The summed E-state index contributed by atoms with van der Waals surface area (Å²) in [6.07, 6.45) is -2.43. The monoisotopic (exact) mass is 191 g/mol. The van der Waals surface area contributed by atoms with E-state index in [1.54, 1.807) is 0 Å². The van der Waals surface area contributed by atoms with Gasteiger partial charge in [0.2, 0.25) is 0 Å². The van der Waals surface area contributed by atoms with Crippen molar-refractivity contribution in [3.63, 3.8) is 0 Å². The summed E-state index contributed by atoms with van der Waals surface area (Å²) in [4.78, 5) is 22.6. The zero-order valence-electron chi connectivity index (χ0n) is 6.18. The van der Waals surface area contributed by atoms with Gasteiger partial charge in [0.25, 0.3) is 12.0 Å². The lowest BCUT2D eigenvalue weighted by Gasteiger charge is -2.01. The van der Waals surface area contributed by atoms with Crippen molar-refractivity contribution < 1.29 is 18.0 Å². The average Bonchev–Trinajstić information content (AvgIpc) is 2.04. The molecule has 1 heterocycles. The van der Waals surface area contributed by atoms with E-state index in [0.717, 1.165) is 6.20 Å². The van der Waals surface area contributed by atoms with E-state index in [0.29, 0.717) is 0 Å². The third kappa shape index (κ3) is 1.61. The summed E-state index contributed by atoms with van der Waals surface area (Å²) in [5.41, 5.74) is -3.11. The second-order valence-corrected chi connectivity index (χ2v) is 2.22. The maximum Gasteiger partial charge on any atom is 0.272 e. The Balaban J connectivity index is 3.47. The molecule has 1 aromatic rings. The lowest BCUT2D eigenvalue weighted by atomic mass is 10.2. The van der Waals surface area contributed by atoms with Crippen molar-refractivity contribution in [3.8, 4) is 0 Å². The van der Waals surface area contributed by atoms with Crippen LogP contribution in [0.1, 0.15) is 22.3 Å². The highest BCUT2D eigenvalue weighted by Gasteiger charge is 2.20. The van der Waals surface area contributed by atoms with Crippen molar-refractivity contribution in [2.24, 2.45) is 0 Å². The van der Waals surface area contributed by atoms with Crippen molar-refractivity contribution in [2.75, 3.05) is 0 Å². The number of alkyl halides is 2. The van der Waals surface area contributed by atoms with Gasteiger partial charge in [-0.2, -0.15) is 0 Å². The number of aromatic amines is 1. The molecule has 0 aliphatic rings. The van der Waals surface area contributed by atoms with Gasteiger partial charge in [-0.05, 0) is 0 Å². The molecule has 0 unspecified atom stereocenters. The molecule has 6 heteroatoms. The first-order valence-electron chi connectivity index (χ1n) is 3.22. The fourth-order valence-electron chi connectivity index (χ4n) is 0.820. The summed E-state index contributed by atoms with van der Waals surface area (Å²) in [5, 5.41) is 0. The van der Waals surface area contributed by atoms with E-state index >= 15 is 0 Å². The highest BCUT2D eigenvalue weighted by molar-refractivity contribution is 5.74. The molecule has 70 valence electrons. The fraction of sp³-hybridized carbons (Fsp3) is 0.143. The van der Waals surface area contributed by atoms with Gasteiger partial charge >= 0.3 is 0 Å². The van der Waals surface area contributed by atoms with Crippen LogP contribution in [0.5, 0.6) is 0 Å². The number of carbonyl (C=O) groups is 1. The van der Waals surface area contributed by atoms with Gasteiger partial charge in [-0.1, -0.05) is 0 Å². The van der Waals surface area contributed by atoms with Crippen LogP contribution in [-0.4, -0.2) is 11.3 Å². The number of hydrogen-bond acceptors (Lipinski definition) is 2. The van der Waals surface area contributed by atoms with Crippen LogP contribution in [0, 0.1) is 5.82 Å². The molecule has 1 N–H and O–H groups in total. The highest BCUT2D eigenvalue weighted by Crippen LogP contribution is 2.18. The maximum absolute atomic E-state index is 12.9. The lowest BCUT2D eigenvalue weighted by molar-refractivity contribution is 0.111. The molecular weight excluding hydrogens is 187 g/mol. The fourth-order valence-corrected chi connectivity index (χ4v) is 0.820. The Morgan fingerprint density at radius 2 is 2.08 bits per heavy atom. The smallest absolute Gasteiger partial charge is 0.272 e. The van der Waals surface area contributed by atoms with Gasteiger partial charge in [-0.15, -0.1) is 0 Å². The molecule has 0 fully saturated rings. The number of halogens is 3. The Kier molecular flexibility index (Phi) is 2.50. The van der Waals surface area contributed by atoms with Crippen LogP contribution in [0.25, 0.3) is 0 Å². The predicted molar refractivity (Wildman–Crippen MR) is 37.4 cm³/mol. The van der Waals surface area contributed by atoms with Crippen LogP contribution >= 0.6 is 0 Å². The molecule has 0 spiro atoms. The quantitative estimate of drug-likeness (QED) is 0.715. The Hall–Kier alpha value is -1.59. The van der Waals surface area contributed by atoms with Crippen LogP contribution in [0.4, 0.5) is 13.2 Å². The summed E-state index contributed by atoms with van der Waals surface area (Å²) in [7, 11) is 0. The van der Waals surface area contributed by atoms with Gasteiger partial charge in [0.15, 0.2) is 6.29 Å². The summed E-state index contributed by atoms with van der Waals surface area (Å²) in [6.45, 7) is 0. The molecule has 3 nitrogen and oxygen atoms in total. The van der Waals surface area contributed by atoms with Crippen LogP contribution in [0.2, 0.25) is 0 Å². The average molecular weight is 191 g/mol. The second kappa shape index (κ2) is 3.42. The Bertz CT molecular complexity index is 386. The molecule has 0 aliphatic carbocycles. The molecule has 0 saturated carbocycles. The molecule has 1 aromatic heterocycles. The van der Waals surface area contributed by atoms with E-state index in [2.05, 4.69) is 0 Å². The summed E-state index contributed by atoms with van der Waals surface area (Å²) < 4.78 is 36.9. The summed E-state index contributed by atoms with van der Waals surface area (Å²) >= 11 is 0. The summed E-state index contributed by atoms with van der Waals surface area (Å²) in [6, 6.07) is 0. The third-order valence-corrected chi connectivity index (χ3v) is 1.44. The molecular formula is C7H4F3NO2. The molecule has 0 aromatic carbocycles.